The zero-order chi connectivity index (χ0) is 13.1. The molecule has 1 aromatic rings. The zero-order valence-corrected chi connectivity index (χ0v) is 11.7. The van der Waals surface area contributed by atoms with E-state index in [2.05, 4.69) is 5.32 Å². The second kappa shape index (κ2) is 6.03. The fourth-order valence-corrected chi connectivity index (χ4v) is 3.54. The number of carbonyl (C=O) groups is 1. The van der Waals surface area contributed by atoms with Gasteiger partial charge in [0.1, 0.15) is 0 Å². The minimum atomic E-state index is 0.0427. The molecule has 2 fully saturated rings. The summed E-state index contributed by atoms with van der Waals surface area (Å²) < 4.78 is 10.9. The number of hydrogen-bond acceptors (Lipinski definition) is 4. The van der Waals surface area contributed by atoms with E-state index < -0.39 is 0 Å². The Morgan fingerprint density at radius 2 is 2.05 bits per heavy atom. The molecule has 0 unspecified atom stereocenters. The smallest absolute Gasteiger partial charge is 0.261 e. The largest absolute Gasteiger partial charge is 0.381 e. The van der Waals surface area contributed by atoms with E-state index in [1.807, 2.05) is 12.1 Å². The van der Waals surface area contributed by atoms with Crippen molar-refractivity contribution in [3.05, 3.63) is 21.9 Å². The van der Waals surface area contributed by atoms with E-state index in [1.165, 1.54) is 4.88 Å². The second-order valence-electron chi connectivity index (χ2n) is 5.06. The summed E-state index contributed by atoms with van der Waals surface area (Å²) in [5.74, 6) is 0.0427. The third kappa shape index (κ3) is 3.16. The average Bonchev–Trinajstić information content (AvgIpc) is 3.11. The molecule has 0 aromatic carbocycles. The van der Waals surface area contributed by atoms with E-state index in [9.17, 15) is 4.79 Å². The van der Waals surface area contributed by atoms with Crippen molar-refractivity contribution in [2.45, 2.75) is 37.8 Å². The quantitative estimate of drug-likeness (QED) is 0.926. The summed E-state index contributed by atoms with van der Waals surface area (Å²) in [7, 11) is 0. The van der Waals surface area contributed by atoms with Gasteiger partial charge in [-0.25, -0.2) is 0 Å². The SMILES string of the molecule is O=C(NC1CCOCC1)c1ccc([C@H]2CCCO2)s1. The summed E-state index contributed by atoms with van der Waals surface area (Å²) in [6.45, 7) is 2.33. The van der Waals surface area contributed by atoms with Gasteiger partial charge in [-0.05, 0) is 37.8 Å². The molecule has 0 spiro atoms. The Hall–Kier alpha value is -0.910. The fourth-order valence-electron chi connectivity index (χ4n) is 2.55. The molecule has 5 heteroatoms. The summed E-state index contributed by atoms with van der Waals surface area (Å²) in [6.07, 6.45) is 4.22. The van der Waals surface area contributed by atoms with Gasteiger partial charge in [-0.2, -0.15) is 0 Å². The summed E-state index contributed by atoms with van der Waals surface area (Å²) in [4.78, 5) is 14.1. The number of rotatable bonds is 3. The number of carbonyl (C=O) groups excluding carboxylic acids is 1. The molecular weight excluding hydrogens is 262 g/mol. The molecule has 3 heterocycles. The second-order valence-corrected chi connectivity index (χ2v) is 6.18. The van der Waals surface area contributed by atoms with Crippen molar-refractivity contribution >= 4 is 17.2 Å². The predicted octanol–water partition coefficient (Wildman–Crippen LogP) is 2.51. The summed E-state index contributed by atoms with van der Waals surface area (Å²) >= 11 is 1.56. The summed E-state index contributed by atoms with van der Waals surface area (Å²) in [5, 5.41) is 3.09. The summed E-state index contributed by atoms with van der Waals surface area (Å²) in [5.41, 5.74) is 0. The monoisotopic (exact) mass is 281 g/mol. The van der Waals surface area contributed by atoms with Gasteiger partial charge in [0.25, 0.3) is 5.91 Å². The van der Waals surface area contributed by atoms with E-state index >= 15 is 0 Å². The molecule has 1 aromatic heterocycles. The molecule has 2 aliphatic rings. The first-order valence-corrected chi connectivity index (χ1v) is 7.74. The van der Waals surface area contributed by atoms with Gasteiger partial charge in [-0.1, -0.05) is 0 Å². The standard InChI is InChI=1S/C14H19NO3S/c16-14(15-10-5-8-17-9-6-10)13-4-3-12(19-13)11-2-1-7-18-11/h3-4,10-11H,1-2,5-9H2,(H,15,16)/t11-/m1/s1. The van der Waals surface area contributed by atoms with Crippen molar-refractivity contribution in [1.29, 1.82) is 0 Å². The van der Waals surface area contributed by atoms with Crippen LogP contribution >= 0.6 is 11.3 Å². The van der Waals surface area contributed by atoms with Crippen LogP contribution in [0.25, 0.3) is 0 Å². The minimum Gasteiger partial charge on any atom is -0.381 e. The molecular formula is C14H19NO3S. The van der Waals surface area contributed by atoms with Gasteiger partial charge < -0.3 is 14.8 Å². The van der Waals surface area contributed by atoms with Crippen LogP contribution in [0.1, 0.15) is 46.3 Å². The first-order chi connectivity index (χ1) is 9.33. The Kier molecular flexibility index (Phi) is 4.15. The van der Waals surface area contributed by atoms with Crippen LogP contribution < -0.4 is 5.32 Å². The Morgan fingerprint density at radius 1 is 1.21 bits per heavy atom. The number of thiophene rings is 1. The van der Waals surface area contributed by atoms with Gasteiger partial charge in [0.05, 0.1) is 11.0 Å². The van der Waals surface area contributed by atoms with Crippen molar-refractivity contribution in [2.75, 3.05) is 19.8 Å². The molecule has 0 radical (unpaired) electrons. The molecule has 0 aliphatic carbocycles. The molecule has 3 rings (SSSR count). The lowest BCUT2D eigenvalue weighted by atomic mass is 10.1. The van der Waals surface area contributed by atoms with Crippen LogP contribution in [0.15, 0.2) is 12.1 Å². The van der Waals surface area contributed by atoms with Crippen LogP contribution in [-0.4, -0.2) is 31.8 Å². The Balaban J connectivity index is 1.59. The van der Waals surface area contributed by atoms with Crippen molar-refractivity contribution in [1.82, 2.24) is 5.32 Å². The lowest BCUT2D eigenvalue weighted by Gasteiger charge is -2.22. The zero-order valence-electron chi connectivity index (χ0n) is 10.9. The molecule has 19 heavy (non-hydrogen) atoms. The van der Waals surface area contributed by atoms with Crippen molar-refractivity contribution in [3.63, 3.8) is 0 Å². The highest BCUT2D eigenvalue weighted by molar-refractivity contribution is 7.14. The lowest BCUT2D eigenvalue weighted by molar-refractivity contribution is 0.0698. The molecule has 104 valence electrons. The highest BCUT2D eigenvalue weighted by atomic mass is 32.1. The number of ether oxygens (including phenoxy) is 2. The normalized spacial score (nSPS) is 24.5. The topological polar surface area (TPSA) is 47.6 Å². The number of amides is 1. The maximum atomic E-state index is 12.2. The van der Waals surface area contributed by atoms with Crippen LogP contribution in [-0.2, 0) is 9.47 Å². The Labute approximate surface area is 117 Å². The first kappa shape index (κ1) is 13.1. The van der Waals surface area contributed by atoms with Gasteiger partial charge in [0, 0.05) is 30.7 Å². The van der Waals surface area contributed by atoms with Crippen LogP contribution in [0.2, 0.25) is 0 Å². The minimum absolute atomic E-state index is 0.0427. The van der Waals surface area contributed by atoms with Crippen molar-refractivity contribution in [2.24, 2.45) is 0 Å². The molecule has 1 N–H and O–H groups in total. The number of nitrogens with one attached hydrogen (secondary N) is 1. The Morgan fingerprint density at radius 3 is 2.79 bits per heavy atom. The highest BCUT2D eigenvalue weighted by Gasteiger charge is 2.22. The van der Waals surface area contributed by atoms with Gasteiger partial charge in [-0.3, -0.25) is 4.79 Å². The van der Waals surface area contributed by atoms with Crippen LogP contribution in [0, 0.1) is 0 Å². The van der Waals surface area contributed by atoms with E-state index in [-0.39, 0.29) is 18.1 Å². The maximum Gasteiger partial charge on any atom is 0.261 e. The summed E-state index contributed by atoms with van der Waals surface area (Å²) in [6, 6.07) is 4.20. The predicted molar refractivity (Wildman–Crippen MR) is 73.6 cm³/mol. The fraction of sp³-hybridized carbons (Fsp3) is 0.643. The van der Waals surface area contributed by atoms with Gasteiger partial charge in [-0.15, -0.1) is 11.3 Å². The van der Waals surface area contributed by atoms with Crippen LogP contribution in [0.5, 0.6) is 0 Å². The van der Waals surface area contributed by atoms with Gasteiger partial charge in [0.2, 0.25) is 0 Å². The molecule has 1 amide bonds. The first-order valence-electron chi connectivity index (χ1n) is 6.93. The van der Waals surface area contributed by atoms with Crippen molar-refractivity contribution < 1.29 is 14.3 Å². The average molecular weight is 281 g/mol. The molecule has 4 nitrogen and oxygen atoms in total. The van der Waals surface area contributed by atoms with Gasteiger partial charge >= 0.3 is 0 Å². The van der Waals surface area contributed by atoms with Crippen LogP contribution in [0.3, 0.4) is 0 Å². The molecule has 1 atom stereocenters. The van der Waals surface area contributed by atoms with E-state index in [1.54, 1.807) is 11.3 Å². The highest BCUT2D eigenvalue weighted by Crippen LogP contribution is 2.33. The number of hydrogen-bond donors (Lipinski definition) is 1. The van der Waals surface area contributed by atoms with E-state index in [0.717, 1.165) is 50.4 Å². The third-order valence-corrected chi connectivity index (χ3v) is 4.83. The van der Waals surface area contributed by atoms with Crippen molar-refractivity contribution in [3.8, 4) is 0 Å². The van der Waals surface area contributed by atoms with E-state index in [0.29, 0.717) is 0 Å². The van der Waals surface area contributed by atoms with Crippen LogP contribution in [0.4, 0.5) is 0 Å². The maximum absolute atomic E-state index is 12.2. The lowest BCUT2D eigenvalue weighted by Crippen LogP contribution is -2.38. The molecule has 0 bridgehead atoms. The molecule has 0 saturated carbocycles. The molecule has 2 aliphatic heterocycles. The third-order valence-electron chi connectivity index (χ3n) is 3.65. The van der Waals surface area contributed by atoms with E-state index in [4.69, 9.17) is 9.47 Å². The molecule has 2 saturated heterocycles. The van der Waals surface area contributed by atoms with Gasteiger partial charge in [0.15, 0.2) is 0 Å². The Bertz CT molecular complexity index is 434.